The Morgan fingerprint density at radius 3 is 2.54 bits per heavy atom. The molecule has 0 atom stereocenters. The number of aromatic nitrogens is 2. The number of imidazole rings is 1. The molecule has 0 bridgehead atoms. The van der Waals surface area contributed by atoms with Gasteiger partial charge in [-0.1, -0.05) is 42.5 Å². The highest BCUT2D eigenvalue weighted by molar-refractivity contribution is 7.99. The van der Waals surface area contributed by atoms with Crippen molar-refractivity contribution in [1.29, 1.82) is 0 Å². The second-order valence-electron chi connectivity index (χ2n) is 6.33. The van der Waals surface area contributed by atoms with Crippen molar-refractivity contribution in [3.05, 3.63) is 84.4 Å². The molecule has 0 saturated carbocycles. The van der Waals surface area contributed by atoms with E-state index in [0.29, 0.717) is 6.54 Å². The van der Waals surface area contributed by atoms with Gasteiger partial charge in [-0.2, -0.15) is 0 Å². The van der Waals surface area contributed by atoms with Gasteiger partial charge in [-0.05, 0) is 30.2 Å². The second kappa shape index (κ2) is 11.2. The number of thioether (sulfide) groups is 1. The summed E-state index contributed by atoms with van der Waals surface area (Å²) >= 11 is 1.85. The highest BCUT2D eigenvalue weighted by Crippen LogP contribution is 2.15. The van der Waals surface area contributed by atoms with Crippen LogP contribution in [0.15, 0.2) is 83.2 Å². The quantitative estimate of drug-likeness (QED) is 0.251. The number of rotatable bonds is 9. The molecule has 3 rings (SSSR count). The SMILES string of the molecule is CCNC(=NCc1ccc(Cn2ccnc2)cc1)NCCSc1ccccc1. The molecule has 146 valence electrons. The molecule has 2 N–H and O–H groups in total. The van der Waals surface area contributed by atoms with Crippen LogP contribution in [0.2, 0.25) is 0 Å². The highest BCUT2D eigenvalue weighted by atomic mass is 32.2. The molecule has 0 spiro atoms. The third-order valence-corrected chi connectivity index (χ3v) is 5.13. The average Bonchev–Trinajstić information content (AvgIpc) is 3.24. The first-order valence-corrected chi connectivity index (χ1v) is 10.6. The fraction of sp³-hybridized carbons (Fsp3) is 0.273. The van der Waals surface area contributed by atoms with E-state index >= 15 is 0 Å². The van der Waals surface area contributed by atoms with E-state index in [1.165, 1.54) is 16.0 Å². The lowest BCUT2D eigenvalue weighted by molar-refractivity contribution is 0.796. The predicted octanol–water partition coefficient (Wildman–Crippen LogP) is 3.78. The van der Waals surface area contributed by atoms with Gasteiger partial charge >= 0.3 is 0 Å². The summed E-state index contributed by atoms with van der Waals surface area (Å²) in [6.45, 7) is 5.30. The van der Waals surface area contributed by atoms with E-state index in [0.717, 1.165) is 31.3 Å². The van der Waals surface area contributed by atoms with Gasteiger partial charge in [0.1, 0.15) is 0 Å². The van der Waals surface area contributed by atoms with Crippen molar-refractivity contribution in [3.8, 4) is 0 Å². The van der Waals surface area contributed by atoms with Gasteiger partial charge in [0.25, 0.3) is 0 Å². The molecule has 0 aliphatic heterocycles. The Kier molecular flexibility index (Phi) is 8.00. The monoisotopic (exact) mass is 393 g/mol. The molecule has 0 aliphatic rings. The predicted molar refractivity (Wildman–Crippen MR) is 118 cm³/mol. The van der Waals surface area contributed by atoms with Crippen LogP contribution >= 0.6 is 11.8 Å². The minimum absolute atomic E-state index is 0.659. The number of guanidine groups is 1. The molecular formula is C22H27N5S. The number of hydrogen-bond acceptors (Lipinski definition) is 3. The molecule has 2 aromatic carbocycles. The third kappa shape index (κ3) is 6.78. The van der Waals surface area contributed by atoms with E-state index in [1.54, 1.807) is 6.20 Å². The van der Waals surface area contributed by atoms with Gasteiger partial charge in [-0.3, -0.25) is 0 Å². The third-order valence-electron chi connectivity index (χ3n) is 4.12. The van der Waals surface area contributed by atoms with Crippen LogP contribution in [0.5, 0.6) is 0 Å². The minimum Gasteiger partial charge on any atom is -0.357 e. The normalized spacial score (nSPS) is 11.4. The Balaban J connectivity index is 1.46. The van der Waals surface area contributed by atoms with Crippen LogP contribution in [-0.4, -0.2) is 34.4 Å². The van der Waals surface area contributed by atoms with Crippen molar-refractivity contribution in [1.82, 2.24) is 20.2 Å². The van der Waals surface area contributed by atoms with Crippen molar-refractivity contribution < 1.29 is 0 Å². The largest absolute Gasteiger partial charge is 0.357 e. The number of nitrogens with zero attached hydrogens (tertiary/aromatic N) is 3. The zero-order chi connectivity index (χ0) is 19.4. The maximum atomic E-state index is 4.70. The molecule has 1 aromatic heterocycles. The Morgan fingerprint density at radius 2 is 1.82 bits per heavy atom. The molecule has 5 nitrogen and oxygen atoms in total. The van der Waals surface area contributed by atoms with Gasteiger partial charge in [-0.15, -0.1) is 11.8 Å². The summed E-state index contributed by atoms with van der Waals surface area (Å²) in [4.78, 5) is 10.1. The first-order valence-electron chi connectivity index (χ1n) is 9.57. The molecular weight excluding hydrogens is 366 g/mol. The smallest absolute Gasteiger partial charge is 0.191 e. The van der Waals surface area contributed by atoms with Crippen LogP contribution in [0.4, 0.5) is 0 Å². The van der Waals surface area contributed by atoms with E-state index in [2.05, 4.69) is 75.6 Å². The fourth-order valence-electron chi connectivity index (χ4n) is 2.71. The molecule has 6 heteroatoms. The molecule has 0 saturated heterocycles. The topological polar surface area (TPSA) is 54.2 Å². The zero-order valence-electron chi connectivity index (χ0n) is 16.2. The minimum atomic E-state index is 0.659. The summed E-state index contributed by atoms with van der Waals surface area (Å²) in [5, 5.41) is 6.72. The van der Waals surface area contributed by atoms with Crippen molar-refractivity contribution in [2.45, 2.75) is 24.9 Å². The molecule has 0 amide bonds. The fourth-order valence-corrected chi connectivity index (χ4v) is 3.50. The van der Waals surface area contributed by atoms with E-state index in [-0.39, 0.29) is 0 Å². The van der Waals surface area contributed by atoms with Gasteiger partial charge in [0.15, 0.2) is 5.96 Å². The summed E-state index contributed by atoms with van der Waals surface area (Å²) in [7, 11) is 0. The molecule has 0 aliphatic carbocycles. The second-order valence-corrected chi connectivity index (χ2v) is 7.50. The van der Waals surface area contributed by atoms with E-state index in [9.17, 15) is 0 Å². The number of hydrogen-bond donors (Lipinski definition) is 2. The number of benzene rings is 2. The average molecular weight is 394 g/mol. The zero-order valence-corrected chi connectivity index (χ0v) is 17.0. The van der Waals surface area contributed by atoms with Crippen molar-refractivity contribution in [3.63, 3.8) is 0 Å². The van der Waals surface area contributed by atoms with Gasteiger partial charge in [0, 0.05) is 42.7 Å². The van der Waals surface area contributed by atoms with Crippen LogP contribution in [-0.2, 0) is 13.1 Å². The molecule has 0 radical (unpaired) electrons. The first-order chi connectivity index (χ1) is 13.8. The van der Waals surface area contributed by atoms with Crippen LogP contribution in [0.3, 0.4) is 0 Å². The van der Waals surface area contributed by atoms with E-state index in [4.69, 9.17) is 4.99 Å². The van der Waals surface area contributed by atoms with Crippen molar-refractivity contribution in [2.75, 3.05) is 18.8 Å². The van der Waals surface area contributed by atoms with Gasteiger partial charge in [0.05, 0.1) is 12.9 Å². The summed E-state index contributed by atoms with van der Waals surface area (Å²) in [5.41, 5.74) is 2.46. The lowest BCUT2D eigenvalue weighted by Crippen LogP contribution is -2.38. The standard InChI is InChI=1S/C22H27N5S/c1-2-24-22(25-13-15-28-21-6-4-3-5-7-21)26-16-19-8-10-20(11-9-19)17-27-14-12-23-18-27/h3-12,14,18H,2,13,15-17H2,1H3,(H2,24,25,26). The Labute approximate surface area is 171 Å². The molecule has 0 unspecified atom stereocenters. The maximum absolute atomic E-state index is 4.70. The molecule has 1 heterocycles. The van der Waals surface area contributed by atoms with Gasteiger partial charge in [0.2, 0.25) is 0 Å². The van der Waals surface area contributed by atoms with E-state index in [1.807, 2.05) is 30.4 Å². The van der Waals surface area contributed by atoms with Crippen LogP contribution in [0.25, 0.3) is 0 Å². The summed E-state index contributed by atoms with van der Waals surface area (Å²) < 4.78 is 2.06. The summed E-state index contributed by atoms with van der Waals surface area (Å²) in [5.74, 6) is 1.86. The van der Waals surface area contributed by atoms with Gasteiger partial charge in [-0.25, -0.2) is 9.98 Å². The van der Waals surface area contributed by atoms with Crippen LogP contribution in [0.1, 0.15) is 18.1 Å². The van der Waals surface area contributed by atoms with Crippen molar-refractivity contribution in [2.24, 2.45) is 4.99 Å². The lowest BCUT2D eigenvalue weighted by Gasteiger charge is -2.11. The Hall–Kier alpha value is -2.73. The lowest BCUT2D eigenvalue weighted by atomic mass is 10.1. The van der Waals surface area contributed by atoms with E-state index < -0.39 is 0 Å². The summed E-state index contributed by atoms with van der Waals surface area (Å²) in [6, 6.07) is 19.1. The maximum Gasteiger partial charge on any atom is 0.191 e. The Bertz CT molecular complexity index is 829. The Morgan fingerprint density at radius 1 is 1.04 bits per heavy atom. The summed E-state index contributed by atoms with van der Waals surface area (Å²) in [6.07, 6.45) is 5.61. The van der Waals surface area contributed by atoms with Crippen LogP contribution in [0, 0.1) is 0 Å². The highest BCUT2D eigenvalue weighted by Gasteiger charge is 2.00. The molecule has 28 heavy (non-hydrogen) atoms. The molecule has 3 aromatic rings. The first kappa shape index (κ1) is 20.0. The molecule has 0 fully saturated rings. The van der Waals surface area contributed by atoms with Gasteiger partial charge < -0.3 is 15.2 Å². The van der Waals surface area contributed by atoms with Crippen LogP contribution < -0.4 is 10.6 Å². The number of nitrogens with one attached hydrogen (secondary N) is 2. The number of aliphatic imine (C=N–C) groups is 1. The van der Waals surface area contributed by atoms with Crippen molar-refractivity contribution >= 4 is 17.7 Å².